The van der Waals surface area contributed by atoms with E-state index in [-0.39, 0.29) is 16.0 Å². The third kappa shape index (κ3) is 4.86. The molecule has 0 radical (unpaired) electrons. The molecule has 0 fully saturated rings. The van der Waals surface area contributed by atoms with Crippen LogP contribution in [0.1, 0.15) is 38.1 Å². The highest BCUT2D eigenvalue weighted by molar-refractivity contribution is 7.89. The summed E-state index contributed by atoms with van der Waals surface area (Å²) in [4.78, 5) is 9.83. The Hall–Kier alpha value is -2.32. The second kappa shape index (κ2) is 7.51. The molecule has 0 spiro atoms. The summed E-state index contributed by atoms with van der Waals surface area (Å²) < 4.78 is 40.9. The fraction of sp³-hybridized carbons (Fsp3) is 0.333. The van der Waals surface area contributed by atoms with Crippen LogP contribution in [0.4, 0.5) is 10.1 Å². The van der Waals surface area contributed by atoms with E-state index >= 15 is 0 Å². The van der Waals surface area contributed by atoms with E-state index in [9.17, 15) is 22.9 Å². The predicted molar refractivity (Wildman–Crippen MR) is 97.3 cm³/mol. The summed E-state index contributed by atoms with van der Waals surface area (Å²) in [7, 11) is -3.95. The summed E-state index contributed by atoms with van der Waals surface area (Å²) in [6.07, 6.45) is -1.50. The number of sulfonamides is 1. The molecule has 2 aromatic carbocycles. The highest BCUT2D eigenvalue weighted by Crippen LogP contribution is 2.25. The Morgan fingerprint density at radius 1 is 1.08 bits per heavy atom. The molecule has 0 aliphatic rings. The largest absolute Gasteiger partial charge is 0.269 e. The Labute approximate surface area is 152 Å². The first kappa shape index (κ1) is 20.0. The third-order valence-electron chi connectivity index (χ3n) is 3.95. The van der Waals surface area contributed by atoms with E-state index < -0.39 is 27.7 Å². The van der Waals surface area contributed by atoms with Crippen LogP contribution in [0.25, 0.3) is 0 Å². The van der Waals surface area contributed by atoms with Crippen LogP contribution in [0.15, 0.2) is 53.4 Å². The van der Waals surface area contributed by atoms with Gasteiger partial charge in [0.25, 0.3) is 5.69 Å². The van der Waals surface area contributed by atoms with Crippen LogP contribution in [-0.2, 0) is 15.4 Å². The Morgan fingerprint density at radius 2 is 1.62 bits per heavy atom. The first-order chi connectivity index (χ1) is 12.0. The van der Waals surface area contributed by atoms with Gasteiger partial charge in [-0.2, -0.15) is 0 Å². The maximum Gasteiger partial charge on any atom is 0.269 e. The lowest BCUT2D eigenvalue weighted by atomic mass is 9.86. The van der Waals surface area contributed by atoms with Crippen molar-refractivity contribution in [1.29, 1.82) is 0 Å². The normalized spacial score (nSPS) is 13.4. The van der Waals surface area contributed by atoms with Crippen LogP contribution < -0.4 is 4.72 Å². The van der Waals surface area contributed by atoms with Gasteiger partial charge in [-0.25, -0.2) is 17.5 Å². The van der Waals surface area contributed by atoms with E-state index in [1.165, 1.54) is 0 Å². The summed E-state index contributed by atoms with van der Waals surface area (Å²) in [5, 5.41) is 10.6. The van der Waals surface area contributed by atoms with Gasteiger partial charge in [-0.15, -0.1) is 0 Å². The number of hydrogen-bond acceptors (Lipinski definition) is 4. The first-order valence-corrected chi connectivity index (χ1v) is 9.47. The summed E-state index contributed by atoms with van der Waals surface area (Å²) in [6.45, 7) is 5.72. The molecule has 2 aromatic rings. The van der Waals surface area contributed by atoms with Gasteiger partial charge in [-0.3, -0.25) is 10.1 Å². The molecule has 0 bridgehead atoms. The minimum absolute atomic E-state index is 0.0537. The van der Waals surface area contributed by atoms with E-state index in [1.54, 1.807) is 12.1 Å². The number of nitro benzene ring substituents is 1. The first-order valence-electron chi connectivity index (χ1n) is 7.99. The lowest BCUT2D eigenvalue weighted by Gasteiger charge is -2.19. The molecule has 0 aromatic heterocycles. The summed E-state index contributed by atoms with van der Waals surface area (Å²) in [6, 6.07) is 11.4. The minimum Gasteiger partial charge on any atom is -0.258 e. The van der Waals surface area contributed by atoms with E-state index in [1.807, 2.05) is 32.9 Å². The maximum absolute atomic E-state index is 14.4. The number of hydrogen-bond donors (Lipinski definition) is 1. The van der Waals surface area contributed by atoms with Gasteiger partial charge in [0.1, 0.15) is 6.17 Å². The van der Waals surface area contributed by atoms with Crippen molar-refractivity contribution in [1.82, 2.24) is 4.72 Å². The van der Waals surface area contributed by atoms with E-state index in [0.717, 1.165) is 29.8 Å². The molecular formula is C18H21FN2O4S. The molecule has 0 amide bonds. The molecule has 0 saturated heterocycles. The summed E-state index contributed by atoms with van der Waals surface area (Å²) >= 11 is 0. The molecule has 0 aliphatic heterocycles. The van der Waals surface area contributed by atoms with E-state index in [4.69, 9.17) is 0 Å². The Balaban J connectivity index is 2.05. The molecule has 0 saturated carbocycles. The zero-order valence-electron chi connectivity index (χ0n) is 14.8. The van der Waals surface area contributed by atoms with Gasteiger partial charge < -0.3 is 0 Å². The maximum atomic E-state index is 14.4. The van der Waals surface area contributed by atoms with Crippen molar-refractivity contribution in [2.24, 2.45) is 0 Å². The molecule has 6 nitrogen and oxygen atoms in total. The van der Waals surface area contributed by atoms with Gasteiger partial charge >= 0.3 is 0 Å². The van der Waals surface area contributed by atoms with E-state index in [2.05, 4.69) is 4.72 Å². The average molecular weight is 380 g/mol. The summed E-state index contributed by atoms with van der Waals surface area (Å²) in [5.74, 6) is 0. The fourth-order valence-corrected chi connectivity index (χ4v) is 3.35. The number of nitrogens with one attached hydrogen (secondary N) is 1. The molecule has 0 heterocycles. The third-order valence-corrected chi connectivity index (χ3v) is 5.39. The number of non-ortho nitro benzene ring substituents is 1. The van der Waals surface area contributed by atoms with Crippen LogP contribution in [-0.4, -0.2) is 19.9 Å². The lowest BCUT2D eigenvalue weighted by Crippen LogP contribution is -2.27. The van der Waals surface area contributed by atoms with Crippen molar-refractivity contribution in [2.45, 2.75) is 37.3 Å². The average Bonchev–Trinajstić information content (AvgIpc) is 2.59. The van der Waals surface area contributed by atoms with Crippen LogP contribution in [0.5, 0.6) is 0 Å². The molecule has 1 atom stereocenters. The van der Waals surface area contributed by atoms with Crippen molar-refractivity contribution in [3.8, 4) is 0 Å². The Bertz CT molecular complexity index is 873. The molecule has 26 heavy (non-hydrogen) atoms. The molecular weight excluding hydrogens is 359 g/mol. The quantitative estimate of drug-likeness (QED) is 0.608. The Morgan fingerprint density at radius 3 is 2.08 bits per heavy atom. The zero-order chi connectivity index (χ0) is 19.5. The molecule has 1 N–H and O–H groups in total. The number of nitro groups is 1. The van der Waals surface area contributed by atoms with Gasteiger partial charge in [0.15, 0.2) is 0 Å². The van der Waals surface area contributed by atoms with Gasteiger partial charge in [0.05, 0.1) is 9.82 Å². The second-order valence-corrected chi connectivity index (χ2v) is 8.71. The van der Waals surface area contributed by atoms with Crippen molar-refractivity contribution in [3.63, 3.8) is 0 Å². The van der Waals surface area contributed by atoms with Crippen LogP contribution >= 0.6 is 0 Å². The van der Waals surface area contributed by atoms with Gasteiger partial charge in [-0.05, 0) is 28.7 Å². The van der Waals surface area contributed by atoms with Crippen molar-refractivity contribution in [3.05, 3.63) is 69.8 Å². The second-order valence-electron chi connectivity index (χ2n) is 6.94. The highest BCUT2D eigenvalue weighted by atomic mass is 32.2. The number of halogens is 1. The minimum atomic E-state index is -3.95. The van der Waals surface area contributed by atoms with Gasteiger partial charge in [-0.1, -0.05) is 45.0 Å². The van der Waals surface area contributed by atoms with E-state index in [0.29, 0.717) is 5.56 Å². The number of benzene rings is 2. The van der Waals surface area contributed by atoms with Crippen molar-refractivity contribution < 1.29 is 17.7 Å². The topological polar surface area (TPSA) is 89.3 Å². The van der Waals surface area contributed by atoms with Crippen LogP contribution in [0.2, 0.25) is 0 Å². The molecule has 8 heteroatoms. The van der Waals surface area contributed by atoms with Gasteiger partial charge in [0.2, 0.25) is 10.0 Å². The predicted octanol–water partition coefficient (Wildman–Crippen LogP) is 3.88. The molecule has 0 aliphatic carbocycles. The van der Waals surface area contributed by atoms with Crippen molar-refractivity contribution >= 4 is 15.7 Å². The molecule has 1 unspecified atom stereocenters. The molecule has 2 rings (SSSR count). The standard InChI is InChI=1S/C18H21FN2O4S/c1-18(2,3)14-6-4-13(5-7-14)17(19)12-20-26(24,25)16-10-8-15(9-11-16)21(22)23/h4-11,17,20H,12H2,1-3H3. The fourth-order valence-electron chi connectivity index (χ4n) is 2.32. The van der Waals surface area contributed by atoms with Crippen molar-refractivity contribution in [2.75, 3.05) is 6.54 Å². The highest BCUT2D eigenvalue weighted by Gasteiger charge is 2.20. The van der Waals surface area contributed by atoms with Crippen LogP contribution in [0, 0.1) is 10.1 Å². The van der Waals surface area contributed by atoms with Gasteiger partial charge in [0, 0.05) is 18.7 Å². The smallest absolute Gasteiger partial charge is 0.258 e. The number of alkyl halides is 1. The summed E-state index contributed by atoms with van der Waals surface area (Å²) in [5.41, 5.74) is 1.16. The lowest BCUT2D eigenvalue weighted by molar-refractivity contribution is -0.384. The zero-order valence-corrected chi connectivity index (χ0v) is 15.6. The van der Waals surface area contributed by atoms with Crippen LogP contribution in [0.3, 0.4) is 0 Å². The monoisotopic (exact) mass is 380 g/mol. The number of nitrogens with zero attached hydrogens (tertiary/aromatic N) is 1. The SMILES string of the molecule is CC(C)(C)c1ccc(C(F)CNS(=O)(=O)c2ccc([N+](=O)[O-])cc2)cc1. The number of rotatable bonds is 6. The Kier molecular flexibility index (Phi) is 5.77. The molecule has 140 valence electrons.